The number of anilines is 1. The number of rotatable bonds is 4. The van der Waals surface area contributed by atoms with E-state index in [1.165, 1.54) is 6.33 Å². The Morgan fingerprint density at radius 2 is 2.04 bits per heavy atom. The number of hydrogen-bond acceptors (Lipinski definition) is 6. The third-order valence-corrected chi connectivity index (χ3v) is 4.09. The molecule has 0 spiro atoms. The second-order valence-electron chi connectivity index (χ2n) is 5.83. The highest BCUT2D eigenvalue weighted by atomic mass is 16.5. The molecule has 0 N–H and O–H groups in total. The maximum absolute atomic E-state index is 12.7. The van der Waals surface area contributed by atoms with Crippen LogP contribution >= 0.6 is 0 Å². The molecule has 0 aliphatic carbocycles. The first kappa shape index (κ1) is 15.3. The molecule has 1 saturated heterocycles. The Bertz CT molecular complexity index is 857. The fraction of sp³-hybridized carbons (Fsp3) is 0.312. The van der Waals surface area contributed by atoms with E-state index in [4.69, 9.17) is 4.74 Å². The summed E-state index contributed by atoms with van der Waals surface area (Å²) in [7, 11) is 1.83. The summed E-state index contributed by atoms with van der Waals surface area (Å²) in [5.41, 5.74) is 0.822. The number of nitrogens with zero attached hydrogens (tertiary/aromatic N) is 7. The van der Waals surface area contributed by atoms with E-state index in [1.54, 1.807) is 14.3 Å². The van der Waals surface area contributed by atoms with Crippen LogP contribution in [0.5, 0.6) is 5.75 Å². The fourth-order valence-electron chi connectivity index (χ4n) is 2.85. The quantitative estimate of drug-likeness (QED) is 0.703. The van der Waals surface area contributed by atoms with Gasteiger partial charge >= 0.3 is 0 Å². The van der Waals surface area contributed by atoms with E-state index in [2.05, 4.69) is 20.6 Å². The van der Waals surface area contributed by atoms with Crippen LogP contribution in [0, 0.1) is 0 Å². The normalized spacial score (nSPS) is 17.7. The Balaban J connectivity index is 1.47. The molecular formula is C16H17N7O2. The molecule has 0 bridgehead atoms. The number of aromatic nitrogens is 6. The number of ether oxygens (including phenoxy) is 1. The molecule has 2 aromatic heterocycles. The standard InChI is InChI=1S/C16H17N7O2/c1-21-10-8-15(18-21)22-9-2-3-14(16(22)24)25-13-6-4-12(5-7-13)23-11-17-19-20-23/h4-8,10-11,14H,2-3,9H2,1H3/t14-/m1/s1. The summed E-state index contributed by atoms with van der Waals surface area (Å²) < 4.78 is 9.15. The van der Waals surface area contributed by atoms with Crippen LogP contribution in [0.2, 0.25) is 0 Å². The molecular weight excluding hydrogens is 322 g/mol. The van der Waals surface area contributed by atoms with E-state index >= 15 is 0 Å². The zero-order chi connectivity index (χ0) is 17.2. The minimum atomic E-state index is -0.505. The highest BCUT2D eigenvalue weighted by Crippen LogP contribution is 2.23. The number of piperidine rings is 1. The number of hydrogen-bond donors (Lipinski definition) is 0. The van der Waals surface area contributed by atoms with E-state index in [1.807, 2.05) is 43.6 Å². The zero-order valence-corrected chi connectivity index (χ0v) is 13.7. The highest BCUT2D eigenvalue weighted by Gasteiger charge is 2.32. The molecule has 1 amide bonds. The molecule has 0 unspecified atom stereocenters. The SMILES string of the molecule is Cn1ccc(N2CCC[C@@H](Oc3ccc(-n4cnnn4)cc3)C2=O)n1. The van der Waals surface area contributed by atoms with Gasteiger partial charge in [-0.2, -0.15) is 5.10 Å². The van der Waals surface area contributed by atoms with Gasteiger partial charge in [-0.25, -0.2) is 4.68 Å². The van der Waals surface area contributed by atoms with Gasteiger partial charge in [0.15, 0.2) is 11.9 Å². The lowest BCUT2D eigenvalue weighted by Gasteiger charge is -2.30. The molecule has 9 nitrogen and oxygen atoms in total. The Morgan fingerprint density at radius 3 is 2.72 bits per heavy atom. The van der Waals surface area contributed by atoms with Crippen molar-refractivity contribution in [2.75, 3.05) is 11.4 Å². The van der Waals surface area contributed by atoms with E-state index in [0.717, 1.165) is 12.1 Å². The fourth-order valence-corrected chi connectivity index (χ4v) is 2.85. The second kappa shape index (κ2) is 6.34. The zero-order valence-electron chi connectivity index (χ0n) is 13.7. The summed E-state index contributed by atoms with van der Waals surface area (Å²) in [6.07, 6.45) is 4.40. The third-order valence-electron chi connectivity index (χ3n) is 4.09. The summed E-state index contributed by atoms with van der Waals surface area (Å²) in [5, 5.41) is 15.4. The number of carbonyl (C=O) groups excluding carboxylic acids is 1. The van der Waals surface area contributed by atoms with Crippen LogP contribution in [-0.2, 0) is 11.8 Å². The first-order valence-corrected chi connectivity index (χ1v) is 8.02. The topological polar surface area (TPSA) is 91.0 Å². The molecule has 4 rings (SSSR count). The van der Waals surface area contributed by atoms with Crippen LogP contribution in [0.4, 0.5) is 5.82 Å². The van der Waals surface area contributed by atoms with Crippen molar-refractivity contribution in [2.45, 2.75) is 18.9 Å². The molecule has 9 heteroatoms. The van der Waals surface area contributed by atoms with E-state index < -0.39 is 6.10 Å². The predicted octanol–water partition coefficient (Wildman–Crippen LogP) is 0.970. The minimum Gasteiger partial charge on any atom is -0.481 e. The van der Waals surface area contributed by atoms with Gasteiger partial charge in [-0.05, 0) is 47.5 Å². The van der Waals surface area contributed by atoms with Crippen LogP contribution in [0.25, 0.3) is 5.69 Å². The average Bonchev–Trinajstić information content (AvgIpc) is 3.29. The van der Waals surface area contributed by atoms with Gasteiger partial charge in [0.25, 0.3) is 5.91 Å². The maximum atomic E-state index is 12.7. The molecule has 0 saturated carbocycles. The Morgan fingerprint density at radius 1 is 1.20 bits per heavy atom. The lowest BCUT2D eigenvalue weighted by Crippen LogP contribution is -2.47. The van der Waals surface area contributed by atoms with Crippen LogP contribution in [0.1, 0.15) is 12.8 Å². The summed E-state index contributed by atoms with van der Waals surface area (Å²) in [6.45, 7) is 0.661. The minimum absolute atomic E-state index is 0.0606. The molecule has 3 aromatic rings. The highest BCUT2D eigenvalue weighted by molar-refractivity contribution is 5.96. The van der Waals surface area contributed by atoms with Crippen molar-refractivity contribution < 1.29 is 9.53 Å². The van der Waals surface area contributed by atoms with Crippen molar-refractivity contribution in [2.24, 2.45) is 7.05 Å². The smallest absolute Gasteiger partial charge is 0.269 e. The molecule has 1 aliphatic rings. The molecule has 128 valence electrons. The molecule has 1 atom stereocenters. The van der Waals surface area contributed by atoms with Gasteiger partial charge in [0.1, 0.15) is 12.1 Å². The first-order chi connectivity index (χ1) is 12.2. The van der Waals surface area contributed by atoms with Crippen LogP contribution in [0.15, 0.2) is 42.9 Å². The van der Waals surface area contributed by atoms with Crippen molar-refractivity contribution >= 4 is 11.7 Å². The van der Waals surface area contributed by atoms with E-state index in [-0.39, 0.29) is 5.91 Å². The molecule has 1 aromatic carbocycles. The van der Waals surface area contributed by atoms with E-state index in [9.17, 15) is 4.79 Å². The number of aryl methyl sites for hydroxylation is 1. The van der Waals surface area contributed by atoms with Gasteiger partial charge in [0.2, 0.25) is 0 Å². The molecule has 1 fully saturated rings. The van der Waals surface area contributed by atoms with Gasteiger partial charge in [-0.15, -0.1) is 5.10 Å². The van der Waals surface area contributed by atoms with Crippen molar-refractivity contribution in [3.05, 3.63) is 42.9 Å². The van der Waals surface area contributed by atoms with Gasteiger partial charge in [-0.1, -0.05) is 0 Å². The molecule has 3 heterocycles. The number of benzene rings is 1. The lowest BCUT2D eigenvalue weighted by atomic mass is 10.1. The third kappa shape index (κ3) is 3.08. The van der Waals surface area contributed by atoms with Crippen molar-refractivity contribution in [1.29, 1.82) is 0 Å². The summed E-state index contributed by atoms with van der Waals surface area (Å²) in [5.74, 6) is 1.24. The molecule has 25 heavy (non-hydrogen) atoms. The summed E-state index contributed by atoms with van der Waals surface area (Å²) in [4.78, 5) is 14.4. The van der Waals surface area contributed by atoms with Crippen LogP contribution < -0.4 is 9.64 Å². The van der Waals surface area contributed by atoms with Gasteiger partial charge in [0.05, 0.1) is 5.69 Å². The van der Waals surface area contributed by atoms with Crippen LogP contribution in [0.3, 0.4) is 0 Å². The summed E-state index contributed by atoms with van der Waals surface area (Å²) >= 11 is 0. The lowest BCUT2D eigenvalue weighted by molar-refractivity contribution is -0.127. The Labute approximate surface area is 143 Å². The van der Waals surface area contributed by atoms with Gasteiger partial charge in [-0.3, -0.25) is 14.4 Å². The second-order valence-corrected chi connectivity index (χ2v) is 5.83. The Hall–Kier alpha value is -3.23. The number of amides is 1. The predicted molar refractivity (Wildman–Crippen MR) is 88.4 cm³/mol. The van der Waals surface area contributed by atoms with Crippen LogP contribution in [-0.4, -0.2) is 48.5 Å². The van der Waals surface area contributed by atoms with E-state index in [0.29, 0.717) is 24.5 Å². The molecule has 1 aliphatic heterocycles. The molecule has 0 radical (unpaired) electrons. The number of carbonyl (C=O) groups is 1. The Kier molecular flexibility index (Phi) is 3.88. The van der Waals surface area contributed by atoms with Crippen molar-refractivity contribution in [3.63, 3.8) is 0 Å². The largest absolute Gasteiger partial charge is 0.481 e. The van der Waals surface area contributed by atoms with Crippen molar-refractivity contribution in [3.8, 4) is 11.4 Å². The van der Waals surface area contributed by atoms with Gasteiger partial charge < -0.3 is 4.74 Å². The van der Waals surface area contributed by atoms with Gasteiger partial charge in [0, 0.05) is 25.9 Å². The first-order valence-electron chi connectivity index (χ1n) is 8.02. The number of tetrazole rings is 1. The maximum Gasteiger partial charge on any atom is 0.269 e. The average molecular weight is 339 g/mol. The summed E-state index contributed by atoms with van der Waals surface area (Å²) in [6, 6.07) is 9.14. The van der Waals surface area contributed by atoms with Crippen molar-refractivity contribution in [1.82, 2.24) is 30.0 Å². The monoisotopic (exact) mass is 339 g/mol.